The summed E-state index contributed by atoms with van der Waals surface area (Å²) in [6.45, 7) is 10.1. The zero-order valence-electron chi connectivity index (χ0n) is 26.3. The molecule has 4 heterocycles. The van der Waals surface area contributed by atoms with Crippen molar-refractivity contribution in [1.82, 2.24) is 20.2 Å². The summed E-state index contributed by atoms with van der Waals surface area (Å²) in [5, 5.41) is 15.5. The molecule has 2 aromatic heterocycles. The zero-order valence-corrected chi connectivity index (χ0v) is 26.3. The van der Waals surface area contributed by atoms with Crippen molar-refractivity contribution < 1.29 is 19.1 Å². The van der Waals surface area contributed by atoms with Gasteiger partial charge < -0.3 is 25.2 Å². The van der Waals surface area contributed by atoms with Crippen molar-refractivity contribution in [1.29, 1.82) is 5.26 Å². The van der Waals surface area contributed by atoms with Gasteiger partial charge >= 0.3 is 6.09 Å². The standard InChI is InChI=1S/C34H39N7O4/c1-21-16-29(39-31-11-6-23(18-35)19-37-31)27-17-24(8-10-30(27)41(21)22(2)42)25-7-9-28(36-20-25)32(43)40-14-12-26(13-15-40)38-33(44)45-34(3,4)5/h6-11,17,19-21,26,29H,12-16H2,1-5H3,(H,37,39)(H,38,44)/t21-,29+/m0/s1. The zero-order chi connectivity index (χ0) is 32.3. The van der Waals surface area contributed by atoms with E-state index in [1.54, 1.807) is 36.2 Å². The van der Waals surface area contributed by atoms with E-state index in [0.717, 1.165) is 22.4 Å². The molecule has 2 N–H and O–H groups in total. The number of hydrogen-bond donors (Lipinski definition) is 2. The first-order valence-electron chi connectivity index (χ1n) is 15.2. The lowest BCUT2D eigenvalue weighted by atomic mass is 9.89. The molecule has 3 amide bonds. The van der Waals surface area contributed by atoms with Crippen molar-refractivity contribution in [2.24, 2.45) is 0 Å². The van der Waals surface area contributed by atoms with E-state index in [2.05, 4.69) is 32.7 Å². The summed E-state index contributed by atoms with van der Waals surface area (Å²) < 4.78 is 5.35. The topological polar surface area (TPSA) is 141 Å². The summed E-state index contributed by atoms with van der Waals surface area (Å²) in [7, 11) is 0. The van der Waals surface area contributed by atoms with E-state index in [1.807, 2.05) is 50.8 Å². The second kappa shape index (κ2) is 12.9. The van der Waals surface area contributed by atoms with Gasteiger partial charge in [-0.05, 0) is 88.4 Å². The van der Waals surface area contributed by atoms with Gasteiger partial charge in [0.15, 0.2) is 0 Å². The van der Waals surface area contributed by atoms with Gasteiger partial charge in [0.25, 0.3) is 5.91 Å². The van der Waals surface area contributed by atoms with Crippen LogP contribution in [0.2, 0.25) is 0 Å². The predicted octanol–water partition coefficient (Wildman–Crippen LogP) is 5.44. The molecule has 5 rings (SSSR count). The van der Waals surface area contributed by atoms with Crippen LogP contribution in [-0.4, -0.2) is 63.5 Å². The number of aromatic nitrogens is 2. The molecule has 1 saturated heterocycles. The predicted molar refractivity (Wildman–Crippen MR) is 171 cm³/mol. The highest BCUT2D eigenvalue weighted by Crippen LogP contribution is 2.41. The van der Waals surface area contributed by atoms with Crippen LogP contribution >= 0.6 is 0 Å². The van der Waals surface area contributed by atoms with E-state index in [1.165, 1.54) is 6.20 Å². The van der Waals surface area contributed by atoms with Crippen LogP contribution < -0.4 is 15.5 Å². The van der Waals surface area contributed by atoms with E-state index < -0.39 is 11.7 Å². The average Bonchev–Trinajstić information content (AvgIpc) is 3.00. The molecule has 11 heteroatoms. The third-order valence-corrected chi connectivity index (χ3v) is 8.05. The summed E-state index contributed by atoms with van der Waals surface area (Å²) >= 11 is 0. The minimum atomic E-state index is -0.562. The van der Waals surface area contributed by atoms with Crippen LogP contribution in [0.3, 0.4) is 0 Å². The monoisotopic (exact) mass is 609 g/mol. The van der Waals surface area contributed by atoms with Crippen LogP contribution in [0.1, 0.15) is 81.5 Å². The fourth-order valence-electron chi connectivity index (χ4n) is 5.94. The number of benzene rings is 1. The molecule has 0 spiro atoms. The molecule has 45 heavy (non-hydrogen) atoms. The second-order valence-electron chi connectivity index (χ2n) is 12.6. The molecule has 1 aromatic carbocycles. The highest BCUT2D eigenvalue weighted by molar-refractivity contribution is 5.95. The van der Waals surface area contributed by atoms with Gasteiger partial charge in [-0.3, -0.25) is 14.6 Å². The third kappa shape index (κ3) is 7.40. The van der Waals surface area contributed by atoms with Gasteiger partial charge in [-0.25, -0.2) is 9.78 Å². The number of fused-ring (bicyclic) bond motifs is 1. The molecule has 0 saturated carbocycles. The molecule has 11 nitrogen and oxygen atoms in total. The molecule has 2 atom stereocenters. The highest BCUT2D eigenvalue weighted by atomic mass is 16.6. The van der Waals surface area contributed by atoms with E-state index >= 15 is 0 Å². The fraction of sp³-hybridized carbons (Fsp3) is 0.412. The number of anilines is 2. The Bertz CT molecular complexity index is 1600. The number of likely N-dealkylation sites (tertiary alicyclic amines) is 1. The number of carbonyl (C=O) groups is 3. The smallest absolute Gasteiger partial charge is 0.407 e. The number of alkyl carbamates (subject to hydrolysis) is 1. The Labute approximate surface area is 263 Å². The molecule has 0 bridgehead atoms. The van der Waals surface area contributed by atoms with E-state index in [9.17, 15) is 14.4 Å². The number of nitrogens with zero attached hydrogens (tertiary/aromatic N) is 5. The van der Waals surface area contributed by atoms with Crippen LogP contribution in [0.5, 0.6) is 0 Å². The summed E-state index contributed by atoms with van der Waals surface area (Å²) in [6, 6.07) is 15.0. The van der Waals surface area contributed by atoms with Gasteiger partial charge in [-0.2, -0.15) is 5.26 Å². The van der Waals surface area contributed by atoms with Crippen LogP contribution in [0.25, 0.3) is 11.1 Å². The van der Waals surface area contributed by atoms with Gasteiger partial charge in [0.2, 0.25) is 5.91 Å². The van der Waals surface area contributed by atoms with Crippen LogP contribution in [0.4, 0.5) is 16.3 Å². The number of hydrogen-bond acceptors (Lipinski definition) is 8. The SMILES string of the molecule is CC(=O)N1c2ccc(-c3ccc(C(=O)N4CCC(NC(=O)OC(C)(C)C)CC4)nc3)cc2[C@H](Nc2ccc(C#N)cn2)C[C@@H]1C. The van der Waals surface area contributed by atoms with Gasteiger partial charge in [-0.15, -0.1) is 0 Å². The largest absolute Gasteiger partial charge is 0.444 e. The molecule has 0 unspecified atom stereocenters. The second-order valence-corrected chi connectivity index (χ2v) is 12.6. The molecule has 234 valence electrons. The maximum Gasteiger partial charge on any atom is 0.407 e. The van der Waals surface area contributed by atoms with Crippen LogP contribution in [-0.2, 0) is 9.53 Å². The maximum atomic E-state index is 13.2. The quantitative estimate of drug-likeness (QED) is 0.390. The number of pyridine rings is 2. The summed E-state index contributed by atoms with van der Waals surface area (Å²) in [4.78, 5) is 50.4. The summed E-state index contributed by atoms with van der Waals surface area (Å²) in [6.07, 6.45) is 4.75. The van der Waals surface area contributed by atoms with Crippen molar-refractivity contribution in [3.05, 3.63) is 71.7 Å². The minimum Gasteiger partial charge on any atom is -0.444 e. The molecule has 2 aliphatic rings. The van der Waals surface area contributed by atoms with Crippen LogP contribution in [0.15, 0.2) is 54.9 Å². The Morgan fingerprint density at radius 1 is 1.00 bits per heavy atom. The Kier molecular flexibility index (Phi) is 9.04. The number of ether oxygens (including phenoxy) is 1. The lowest BCUT2D eigenvalue weighted by Gasteiger charge is -2.39. The van der Waals surface area contributed by atoms with Crippen molar-refractivity contribution in [3.8, 4) is 17.2 Å². The average molecular weight is 610 g/mol. The van der Waals surface area contributed by atoms with Crippen molar-refractivity contribution in [3.63, 3.8) is 0 Å². The first-order valence-corrected chi connectivity index (χ1v) is 15.2. The molecule has 0 aliphatic carbocycles. The third-order valence-electron chi connectivity index (χ3n) is 8.05. The molecule has 2 aliphatic heterocycles. The fourth-order valence-corrected chi connectivity index (χ4v) is 5.94. The van der Waals surface area contributed by atoms with E-state index in [-0.39, 0.29) is 29.9 Å². The highest BCUT2D eigenvalue weighted by Gasteiger charge is 2.33. The number of piperidine rings is 1. The number of carbonyl (C=O) groups excluding carboxylic acids is 3. The Balaban J connectivity index is 1.29. The van der Waals surface area contributed by atoms with Crippen molar-refractivity contribution in [2.75, 3.05) is 23.3 Å². The number of rotatable bonds is 5. The number of nitriles is 1. The first-order chi connectivity index (χ1) is 21.4. The van der Waals surface area contributed by atoms with Gasteiger partial charge in [0, 0.05) is 55.7 Å². The van der Waals surface area contributed by atoms with Crippen LogP contribution in [0, 0.1) is 11.3 Å². The van der Waals surface area contributed by atoms with Gasteiger partial charge in [0.1, 0.15) is 23.2 Å². The number of nitrogens with one attached hydrogen (secondary N) is 2. The molecule has 0 radical (unpaired) electrons. The summed E-state index contributed by atoms with van der Waals surface area (Å²) in [5.41, 5.74) is 3.82. The van der Waals surface area contributed by atoms with Crippen molar-refractivity contribution in [2.45, 2.75) is 77.6 Å². The number of amides is 3. The Morgan fingerprint density at radius 3 is 2.33 bits per heavy atom. The van der Waals surface area contributed by atoms with Crippen molar-refractivity contribution >= 4 is 29.4 Å². The summed E-state index contributed by atoms with van der Waals surface area (Å²) in [5.74, 6) is 0.474. The normalized spacial score (nSPS) is 18.4. The minimum absolute atomic E-state index is 0.0261. The maximum absolute atomic E-state index is 13.2. The van der Waals surface area contributed by atoms with Gasteiger partial charge in [-0.1, -0.05) is 12.1 Å². The first kappa shape index (κ1) is 31.4. The lowest BCUT2D eigenvalue weighted by Crippen LogP contribution is -2.47. The lowest BCUT2D eigenvalue weighted by molar-refractivity contribution is -0.117. The molecular formula is C34H39N7O4. The molecule has 3 aromatic rings. The Hall–Kier alpha value is -4.98. The van der Waals surface area contributed by atoms with Gasteiger partial charge in [0.05, 0.1) is 11.6 Å². The van der Waals surface area contributed by atoms with E-state index in [4.69, 9.17) is 10.00 Å². The van der Waals surface area contributed by atoms with E-state index in [0.29, 0.717) is 49.4 Å². The Morgan fingerprint density at radius 2 is 1.73 bits per heavy atom. The molecule has 1 fully saturated rings. The molecular weight excluding hydrogens is 570 g/mol.